The van der Waals surface area contributed by atoms with Gasteiger partial charge in [-0.1, -0.05) is 60.7 Å². The topological polar surface area (TPSA) is 50.7 Å². The van der Waals surface area contributed by atoms with E-state index in [-0.39, 0.29) is 0 Å². The Balaban J connectivity index is 1.51. The first-order valence-corrected chi connectivity index (χ1v) is 8.43. The third-order valence-corrected chi connectivity index (χ3v) is 4.30. The van der Waals surface area contributed by atoms with E-state index in [4.69, 9.17) is 0 Å². The number of hydrogen-bond acceptors (Lipinski definition) is 5. The van der Waals surface area contributed by atoms with Crippen molar-refractivity contribution in [2.24, 2.45) is 0 Å². The van der Waals surface area contributed by atoms with Crippen molar-refractivity contribution in [2.45, 2.75) is 0 Å². The van der Waals surface area contributed by atoms with Crippen molar-refractivity contribution in [3.8, 4) is 22.5 Å². The average Bonchev–Trinajstić information content (AvgIpc) is 3.12. The molecule has 1 N–H and O–H groups in total. The zero-order valence-electron chi connectivity index (χ0n) is 12.8. The molecule has 2 aromatic carbocycles. The molecule has 0 fully saturated rings. The lowest BCUT2D eigenvalue weighted by atomic mass is 10.1. The number of nitrogens with zero attached hydrogens (tertiary/aromatic N) is 3. The quantitative estimate of drug-likeness (QED) is 0.571. The smallest absolute Gasteiger partial charge is 0.188 e. The van der Waals surface area contributed by atoms with E-state index in [1.165, 1.54) is 0 Å². The Morgan fingerprint density at radius 2 is 1.33 bits per heavy atom. The molecular weight excluding hydrogens is 316 g/mol. The van der Waals surface area contributed by atoms with Gasteiger partial charge in [0, 0.05) is 16.5 Å². The summed E-state index contributed by atoms with van der Waals surface area (Å²) in [7, 11) is 0. The molecule has 0 bridgehead atoms. The van der Waals surface area contributed by atoms with Gasteiger partial charge < -0.3 is 5.32 Å². The molecule has 2 aromatic heterocycles. The van der Waals surface area contributed by atoms with Crippen molar-refractivity contribution in [3.63, 3.8) is 0 Å². The Hall–Kier alpha value is -3.05. The van der Waals surface area contributed by atoms with Crippen LogP contribution >= 0.6 is 11.3 Å². The largest absolute Gasteiger partial charge is 0.315 e. The van der Waals surface area contributed by atoms with Gasteiger partial charge in [0.2, 0.25) is 0 Å². The van der Waals surface area contributed by atoms with E-state index in [0.717, 1.165) is 27.6 Å². The second-order valence-electron chi connectivity index (χ2n) is 5.20. The first-order valence-electron chi connectivity index (χ1n) is 7.55. The van der Waals surface area contributed by atoms with Crippen molar-refractivity contribution in [3.05, 3.63) is 78.2 Å². The highest BCUT2D eigenvalue weighted by atomic mass is 32.1. The van der Waals surface area contributed by atoms with E-state index in [0.29, 0.717) is 5.82 Å². The molecule has 0 radical (unpaired) electrons. The molecule has 0 aliphatic heterocycles. The van der Waals surface area contributed by atoms with Gasteiger partial charge in [-0.15, -0.1) is 21.5 Å². The summed E-state index contributed by atoms with van der Waals surface area (Å²) in [6.07, 6.45) is 0. The molecular formula is C19H14N4S. The first-order chi connectivity index (χ1) is 11.9. The molecule has 0 atom stereocenters. The molecule has 116 valence electrons. The number of nitrogens with one attached hydrogen (secondary N) is 1. The number of anilines is 2. The third-order valence-electron chi connectivity index (χ3n) is 3.54. The fourth-order valence-electron chi connectivity index (χ4n) is 2.34. The van der Waals surface area contributed by atoms with Crippen LogP contribution in [0.2, 0.25) is 0 Å². The van der Waals surface area contributed by atoms with Gasteiger partial charge in [0.05, 0.1) is 11.4 Å². The highest BCUT2D eigenvalue weighted by Gasteiger charge is 2.06. The van der Waals surface area contributed by atoms with E-state index in [2.05, 4.69) is 20.5 Å². The number of rotatable bonds is 4. The van der Waals surface area contributed by atoms with E-state index >= 15 is 0 Å². The van der Waals surface area contributed by atoms with Gasteiger partial charge in [0.15, 0.2) is 10.9 Å². The average molecular weight is 330 g/mol. The molecule has 24 heavy (non-hydrogen) atoms. The molecule has 5 heteroatoms. The van der Waals surface area contributed by atoms with Crippen molar-refractivity contribution in [2.75, 3.05) is 5.32 Å². The molecule has 4 nitrogen and oxygen atoms in total. The number of hydrogen-bond donors (Lipinski definition) is 1. The highest BCUT2D eigenvalue weighted by Crippen LogP contribution is 2.26. The van der Waals surface area contributed by atoms with Crippen LogP contribution in [0.1, 0.15) is 0 Å². The molecule has 0 unspecified atom stereocenters. The molecule has 0 spiro atoms. The SMILES string of the molecule is c1ccc(-c2ccc(Nc3nc(-c4ccccc4)cs3)nn2)cc1. The van der Waals surface area contributed by atoms with E-state index in [1.807, 2.05) is 78.2 Å². The van der Waals surface area contributed by atoms with Crippen LogP contribution in [-0.4, -0.2) is 15.2 Å². The fraction of sp³-hybridized carbons (Fsp3) is 0. The Kier molecular flexibility index (Phi) is 4.00. The van der Waals surface area contributed by atoms with E-state index in [9.17, 15) is 0 Å². The minimum absolute atomic E-state index is 0.684. The predicted octanol–water partition coefficient (Wildman–Crippen LogP) is 5.01. The second-order valence-corrected chi connectivity index (χ2v) is 6.06. The molecule has 0 saturated heterocycles. The van der Waals surface area contributed by atoms with Crippen LogP contribution in [0.25, 0.3) is 22.5 Å². The van der Waals surface area contributed by atoms with E-state index < -0.39 is 0 Å². The van der Waals surface area contributed by atoms with Gasteiger partial charge in [0.1, 0.15) is 0 Å². The first kappa shape index (κ1) is 14.5. The lowest BCUT2D eigenvalue weighted by molar-refractivity contribution is 1.04. The molecule has 0 amide bonds. The van der Waals surface area contributed by atoms with Crippen LogP contribution in [0.15, 0.2) is 78.2 Å². The Bertz CT molecular complexity index is 919. The Labute approximate surface area is 143 Å². The second kappa shape index (κ2) is 6.60. The Morgan fingerprint density at radius 1 is 0.667 bits per heavy atom. The van der Waals surface area contributed by atoms with Crippen molar-refractivity contribution in [1.82, 2.24) is 15.2 Å². The van der Waals surface area contributed by atoms with Gasteiger partial charge in [-0.3, -0.25) is 0 Å². The summed E-state index contributed by atoms with van der Waals surface area (Å²) in [6, 6.07) is 24.0. The minimum Gasteiger partial charge on any atom is -0.315 e. The maximum atomic E-state index is 4.60. The van der Waals surface area contributed by atoms with Crippen molar-refractivity contribution < 1.29 is 0 Å². The molecule has 4 aromatic rings. The van der Waals surface area contributed by atoms with E-state index in [1.54, 1.807) is 11.3 Å². The molecule has 0 aliphatic carbocycles. The molecule has 2 heterocycles. The lowest BCUT2D eigenvalue weighted by Gasteiger charge is -2.03. The summed E-state index contributed by atoms with van der Waals surface area (Å²) in [5, 5.41) is 14.6. The monoisotopic (exact) mass is 330 g/mol. The third kappa shape index (κ3) is 3.16. The van der Waals surface area contributed by atoms with Gasteiger partial charge in [-0.2, -0.15) is 0 Å². The van der Waals surface area contributed by atoms with Crippen LogP contribution in [-0.2, 0) is 0 Å². The zero-order valence-corrected chi connectivity index (χ0v) is 13.6. The minimum atomic E-state index is 0.684. The van der Waals surface area contributed by atoms with Crippen LogP contribution in [0.4, 0.5) is 10.9 Å². The zero-order chi connectivity index (χ0) is 16.2. The van der Waals surface area contributed by atoms with Crippen LogP contribution in [0, 0.1) is 0 Å². The summed E-state index contributed by atoms with van der Waals surface area (Å²) < 4.78 is 0. The summed E-state index contributed by atoms with van der Waals surface area (Å²) in [4.78, 5) is 4.60. The lowest BCUT2D eigenvalue weighted by Crippen LogP contribution is -1.96. The Morgan fingerprint density at radius 3 is 1.96 bits per heavy atom. The van der Waals surface area contributed by atoms with Crippen LogP contribution < -0.4 is 5.32 Å². The summed E-state index contributed by atoms with van der Waals surface area (Å²) >= 11 is 1.55. The summed E-state index contributed by atoms with van der Waals surface area (Å²) in [5.41, 5.74) is 3.96. The number of aromatic nitrogens is 3. The van der Waals surface area contributed by atoms with Crippen molar-refractivity contribution >= 4 is 22.3 Å². The summed E-state index contributed by atoms with van der Waals surface area (Å²) in [6.45, 7) is 0. The van der Waals surface area contributed by atoms with Crippen molar-refractivity contribution in [1.29, 1.82) is 0 Å². The van der Waals surface area contributed by atoms with Gasteiger partial charge in [-0.05, 0) is 12.1 Å². The fourth-order valence-corrected chi connectivity index (χ4v) is 3.07. The maximum Gasteiger partial charge on any atom is 0.188 e. The van der Waals surface area contributed by atoms with Crippen LogP contribution in [0.5, 0.6) is 0 Å². The molecule has 0 aliphatic rings. The predicted molar refractivity (Wildman–Crippen MR) is 98.3 cm³/mol. The molecule has 4 rings (SSSR count). The maximum absolute atomic E-state index is 4.60. The standard InChI is InChI=1S/C19H14N4S/c1-3-7-14(8-4-1)16-11-12-18(23-22-16)21-19-20-17(13-24-19)15-9-5-2-6-10-15/h1-13H,(H,20,21,23). The molecule has 0 saturated carbocycles. The summed E-state index contributed by atoms with van der Waals surface area (Å²) in [5.74, 6) is 0.684. The normalized spacial score (nSPS) is 10.5. The van der Waals surface area contributed by atoms with Gasteiger partial charge in [0.25, 0.3) is 0 Å². The van der Waals surface area contributed by atoms with Crippen LogP contribution in [0.3, 0.4) is 0 Å². The van der Waals surface area contributed by atoms with Gasteiger partial charge in [-0.25, -0.2) is 4.98 Å². The number of benzene rings is 2. The number of thiazole rings is 1. The van der Waals surface area contributed by atoms with Gasteiger partial charge >= 0.3 is 0 Å². The highest BCUT2D eigenvalue weighted by molar-refractivity contribution is 7.14.